The summed E-state index contributed by atoms with van der Waals surface area (Å²) in [6.07, 6.45) is 2.88. The molecule has 0 saturated heterocycles. The number of carbonyl (C=O) groups excluding carboxylic acids is 1. The average Bonchev–Trinajstić information content (AvgIpc) is 3.28. The number of hydrogen-bond donors (Lipinski definition) is 1. The molecule has 3 aromatic heterocycles. The van der Waals surface area contributed by atoms with E-state index in [0.29, 0.717) is 40.9 Å². The third kappa shape index (κ3) is 3.37. The monoisotopic (exact) mass is 409 g/mol. The van der Waals surface area contributed by atoms with Crippen molar-refractivity contribution in [3.8, 4) is 22.9 Å². The molecule has 1 N–H and O–H groups in total. The quantitative estimate of drug-likeness (QED) is 0.667. The normalized spacial score (nSPS) is 16.5. The summed E-state index contributed by atoms with van der Waals surface area (Å²) in [6, 6.07) is 6.86. The lowest BCUT2D eigenvalue weighted by atomic mass is 10.1. The van der Waals surface area contributed by atoms with E-state index in [1.54, 1.807) is 60.3 Å². The molecule has 0 bridgehead atoms. The lowest BCUT2D eigenvalue weighted by Crippen LogP contribution is -2.27. The van der Waals surface area contributed by atoms with Crippen LogP contribution >= 0.6 is 0 Å². The Balaban J connectivity index is 1.67. The van der Waals surface area contributed by atoms with Gasteiger partial charge >= 0.3 is 0 Å². The van der Waals surface area contributed by atoms with Crippen LogP contribution in [-0.2, 0) is 6.54 Å². The smallest absolute Gasteiger partial charge is 0.262 e. The lowest BCUT2D eigenvalue weighted by molar-refractivity contribution is 0.0991. The molecular formula is C21H23N5O4. The summed E-state index contributed by atoms with van der Waals surface area (Å²) in [6.45, 7) is 3.97. The van der Waals surface area contributed by atoms with Crippen molar-refractivity contribution in [1.29, 1.82) is 0 Å². The first-order valence-corrected chi connectivity index (χ1v) is 9.57. The van der Waals surface area contributed by atoms with Gasteiger partial charge in [0.2, 0.25) is 0 Å². The van der Waals surface area contributed by atoms with Gasteiger partial charge in [0.25, 0.3) is 11.8 Å². The highest BCUT2D eigenvalue weighted by atomic mass is 16.5. The highest BCUT2D eigenvalue weighted by molar-refractivity contribution is 6.10. The number of pyridine rings is 2. The van der Waals surface area contributed by atoms with E-state index in [-0.39, 0.29) is 11.9 Å². The van der Waals surface area contributed by atoms with Crippen LogP contribution in [0.1, 0.15) is 35.9 Å². The molecule has 1 amide bonds. The molecule has 3 aromatic rings. The number of carbonyl (C=O) groups is 1. The van der Waals surface area contributed by atoms with Crippen molar-refractivity contribution in [3.05, 3.63) is 47.9 Å². The summed E-state index contributed by atoms with van der Waals surface area (Å²) in [7, 11) is 3.08. The number of anilines is 1. The summed E-state index contributed by atoms with van der Waals surface area (Å²) in [4.78, 5) is 23.6. The zero-order valence-electron chi connectivity index (χ0n) is 17.2. The lowest BCUT2D eigenvalue weighted by Gasteiger charge is -2.18. The predicted molar refractivity (Wildman–Crippen MR) is 110 cm³/mol. The Kier molecular flexibility index (Phi) is 5.13. The molecule has 9 heteroatoms. The topological polar surface area (TPSA) is 103 Å². The molecule has 0 aliphatic carbocycles. The molecule has 0 saturated carbocycles. The van der Waals surface area contributed by atoms with E-state index in [0.717, 1.165) is 5.56 Å². The van der Waals surface area contributed by atoms with Crippen LogP contribution < -0.4 is 14.4 Å². The Morgan fingerprint density at radius 3 is 2.73 bits per heavy atom. The summed E-state index contributed by atoms with van der Waals surface area (Å²) < 4.78 is 12.1. The van der Waals surface area contributed by atoms with Gasteiger partial charge in [0, 0.05) is 24.0 Å². The first-order chi connectivity index (χ1) is 14.4. The minimum Gasteiger partial charge on any atom is -0.491 e. The molecule has 9 nitrogen and oxygen atoms in total. The number of rotatable bonds is 6. The van der Waals surface area contributed by atoms with Crippen LogP contribution in [0.2, 0.25) is 0 Å². The third-order valence-electron chi connectivity index (χ3n) is 5.01. The molecule has 4 rings (SSSR count). The predicted octanol–water partition coefficient (Wildman–Crippen LogP) is 2.46. The number of methoxy groups -OCH3 is 2. The van der Waals surface area contributed by atoms with Gasteiger partial charge < -0.3 is 14.6 Å². The molecule has 1 aliphatic rings. The molecule has 156 valence electrons. The van der Waals surface area contributed by atoms with Gasteiger partial charge in [-0.25, -0.2) is 9.97 Å². The van der Waals surface area contributed by atoms with E-state index in [1.165, 1.54) is 7.11 Å². The minimum atomic E-state index is -0.527. The van der Waals surface area contributed by atoms with Crippen molar-refractivity contribution in [3.63, 3.8) is 0 Å². The van der Waals surface area contributed by atoms with Crippen LogP contribution in [0.3, 0.4) is 0 Å². The molecule has 4 heterocycles. The van der Waals surface area contributed by atoms with E-state index < -0.39 is 6.10 Å². The van der Waals surface area contributed by atoms with Crippen LogP contribution in [0.25, 0.3) is 11.3 Å². The van der Waals surface area contributed by atoms with Crippen LogP contribution in [0.15, 0.2) is 36.7 Å². The van der Waals surface area contributed by atoms with E-state index in [2.05, 4.69) is 10.1 Å². The van der Waals surface area contributed by atoms with Gasteiger partial charge in [-0.3, -0.25) is 14.4 Å². The van der Waals surface area contributed by atoms with Crippen molar-refractivity contribution in [2.24, 2.45) is 0 Å². The second-order valence-electron chi connectivity index (χ2n) is 7.16. The van der Waals surface area contributed by atoms with E-state index in [1.807, 2.05) is 6.92 Å². The van der Waals surface area contributed by atoms with Gasteiger partial charge in [-0.2, -0.15) is 5.10 Å². The Morgan fingerprint density at radius 1 is 1.23 bits per heavy atom. The maximum atomic E-state index is 13.0. The molecule has 30 heavy (non-hydrogen) atoms. The van der Waals surface area contributed by atoms with Crippen LogP contribution in [0, 0.1) is 0 Å². The molecule has 2 atom stereocenters. The van der Waals surface area contributed by atoms with E-state index in [4.69, 9.17) is 14.5 Å². The number of nitrogens with zero attached hydrogens (tertiary/aromatic N) is 5. The van der Waals surface area contributed by atoms with Crippen LogP contribution in [0.4, 0.5) is 5.82 Å². The number of ether oxygens (including phenoxy) is 2. The number of aliphatic hydroxyl groups is 1. The van der Waals surface area contributed by atoms with E-state index in [9.17, 15) is 9.90 Å². The maximum absolute atomic E-state index is 13.0. The molecule has 1 aliphatic heterocycles. The van der Waals surface area contributed by atoms with Crippen LogP contribution in [-0.4, -0.2) is 51.1 Å². The third-order valence-corrected chi connectivity index (χ3v) is 5.01. The number of fused-ring (bicyclic) bond motifs is 1. The summed E-state index contributed by atoms with van der Waals surface area (Å²) in [5.41, 5.74) is 2.67. The van der Waals surface area contributed by atoms with Crippen molar-refractivity contribution in [2.75, 3.05) is 19.1 Å². The molecule has 0 aromatic carbocycles. The zero-order valence-corrected chi connectivity index (χ0v) is 17.2. The highest BCUT2D eigenvalue weighted by Gasteiger charge is 2.37. The first kappa shape index (κ1) is 19.8. The Bertz CT molecular complexity index is 1090. The van der Waals surface area contributed by atoms with Gasteiger partial charge in [0.15, 0.2) is 11.6 Å². The first-order valence-electron chi connectivity index (χ1n) is 9.57. The highest BCUT2D eigenvalue weighted by Crippen LogP contribution is 2.37. The van der Waals surface area contributed by atoms with Crippen molar-refractivity contribution >= 4 is 11.7 Å². The van der Waals surface area contributed by atoms with Crippen molar-refractivity contribution in [2.45, 2.75) is 32.5 Å². The largest absolute Gasteiger partial charge is 0.491 e. The molecule has 0 fully saturated rings. The fourth-order valence-electron chi connectivity index (χ4n) is 3.59. The maximum Gasteiger partial charge on any atom is 0.262 e. The van der Waals surface area contributed by atoms with Crippen LogP contribution in [0.5, 0.6) is 11.6 Å². The fourth-order valence-corrected chi connectivity index (χ4v) is 3.59. The second kappa shape index (κ2) is 7.75. The van der Waals surface area contributed by atoms with E-state index >= 15 is 0 Å². The van der Waals surface area contributed by atoms with Gasteiger partial charge in [-0.05, 0) is 32.0 Å². The number of hydrogen-bond acceptors (Lipinski definition) is 7. The fraction of sp³-hybridized carbons (Fsp3) is 0.333. The summed E-state index contributed by atoms with van der Waals surface area (Å²) in [5.74, 6) is 1.28. The SMILES string of the molecule is COc1cc(-c2ccc3c(n2)C(C)N(c2ccn(C[C@H](C)O)n2)C3=O)cnc1OC. The van der Waals surface area contributed by atoms with Gasteiger partial charge in [0.1, 0.15) is 0 Å². The summed E-state index contributed by atoms with van der Waals surface area (Å²) >= 11 is 0. The van der Waals surface area contributed by atoms with Gasteiger partial charge in [0.05, 0.1) is 49.9 Å². The number of amides is 1. The Labute approximate surface area is 173 Å². The molecule has 1 unspecified atom stereocenters. The summed E-state index contributed by atoms with van der Waals surface area (Å²) in [5, 5.41) is 14.0. The van der Waals surface area contributed by atoms with Gasteiger partial charge in [-0.1, -0.05) is 0 Å². The Hall–Kier alpha value is -3.46. The average molecular weight is 409 g/mol. The standard InChI is InChI=1S/C21H23N5O4/c1-12(27)11-25-8-7-18(24-25)26-13(2)19-15(21(26)28)5-6-16(23-19)14-9-17(29-3)20(30-4)22-10-14/h5-10,12-13,27H,11H2,1-4H3/t12-,13?/m0/s1. The zero-order chi connectivity index (χ0) is 21.4. The number of aliphatic hydroxyl groups excluding tert-OH is 1. The number of aromatic nitrogens is 4. The molecule has 0 radical (unpaired) electrons. The van der Waals surface area contributed by atoms with Gasteiger partial charge in [-0.15, -0.1) is 0 Å². The molecule has 0 spiro atoms. The minimum absolute atomic E-state index is 0.149. The van der Waals surface area contributed by atoms with Crippen molar-refractivity contribution < 1.29 is 19.4 Å². The second-order valence-corrected chi connectivity index (χ2v) is 7.16. The Morgan fingerprint density at radius 2 is 2.03 bits per heavy atom. The molecular weight excluding hydrogens is 386 g/mol. The van der Waals surface area contributed by atoms with Crippen molar-refractivity contribution in [1.82, 2.24) is 19.7 Å².